The topological polar surface area (TPSA) is 145 Å². The lowest BCUT2D eigenvalue weighted by Gasteiger charge is -2.26. The van der Waals surface area contributed by atoms with Crippen LogP contribution in [-0.4, -0.2) is 64.0 Å². The van der Waals surface area contributed by atoms with Crippen LogP contribution in [0.2, 0.25) is 0 Å². The van der Waals surface area contributed by atoms with Crippen LogP contribution in [0, 0.1) is 5.92 Å². The minimum absolute atomic E-state index is 0.0108. The number of hydrogen-bond donors (Lipinski definition) is 5. The van der Waals surface area contributed by atoms with Crippen LogP contribution in [0.4, 0.5) is 0 Å². The van der Waals surface area contributed by atoms with Crippen molar-refractivity contribution in [2.24, 2.45) is 5.92 Å². The minimum atomic E-state index is -1.15. The molecule has 5 N–H and O–H groups in total. The van der Waals surface area contributed by atoms with Crippen LogP contribution in [0.5, 0.6) is 5.75 Å². The van der Waals surface area contributed by atoms with E-state index in [1.807, 2.05) is 12.3 Å². The van der Waals surface area contributed by atoms with E-state index in [-0.39, 0.29) is 30.1 Å². The second-order valence-electron chi connectivity index (χ2n) is 8.67. The lowest BCUT2D eigenvalue weighted by molar-refractivity contribution is -0.142. The van der Waals surface area contributed by atoms with Crippen molar-refractivity contribution in [3.05, 3.63) is 65.7 Å². The van der Waals surface area contributed by atoms with Crippen molar-refractivity contribution in [3.8, 4) is 5.75 Å². The molecular formula is C26H33N3O6S. The third-order valence-corrected chi connectivity index (χ3v) is 6.15. The van der Waals surface area contributed by atoms with Crippen LogP contribution in [0.15, 0.2) is 54.6 Å². The van der Waals surface area contributed by atoms with E-state index >= 15 is 0 Å². The van der Waals surface area contributed by atoms with Gasteiger partial charge in [-0.3, -0.25) is 14.4 Å². The second kappa shape index (κ2) is 14.1. The summed E-state index contributed by atoms with van der Waals surface area (Å²) in [4.78, 5) is 50.7. The summed E-state index contributed by atoms with van der Waals surface area (Å²) in [7, 11) is 0. The molecule has 0 aromatic heterocycles. The molecule has 2 aromatic carbocycles. The van der Waals surface area contributed by atoms with Crippen LogP contribution in [0.1, 0.15) is 36.2 Å². The van der Waals surface area contributed by atoms with Crippen LogP contribution in [-0.2, 0) is 20.8 Å². The molecule has 0 radical (unpaired) electrons. The summed E-state index contributed by atoms with van der Waals surface area (Å²) in [6, 6.07) is 11.6. The highest BCUT2D eigenvalue weighted by Crippen LogP contribution is 2.12. The third kappa shape index (κ3) is 8.92. The number of phenols is 1. The van der Waals surface area contributed by atoms with Gasteiger partial charge in [0.2, 0.25) is 11.8 Å². The zero-order valence-corrected chi connectivity index (χ0v) is 21.4. The van der Waals surface area contributed by atoms with Gasteiger partial charge in [0.25, 0.3) is 5.91 Å². The van der Waals surface area contributed by atoms with Gasteiger partial charge in [-0.2, -0.15) is 11.8 Å². The Kier molecular flexibility index (Phi) is 11.3. The normalized spacial score (nSPS) is 13.3. The Morgan fingerprint density at radius 1 is 0.861 bits per heavy atom. The predicted molar refractivity (Wildman–Crippen MR) is 139 cm³/mol. The van der Waals surface area contributed by atoms with Crippen LogP contribution in [0.3, 0.4) is 0 Å². The number of carbonyl (C=O) groups is 4. The number of aliphatic carboxylic acids is 1. The fourth-order valence-electron chi connectivity index (χ4n) is 3.46. The van der Waals surface area contributed by atoms with E-state index in [0.717, 1.165) is 5.56 Å². The van der Waals surface area contributed by atoms with Crippen molar-refractivity contribution >= 4 is 35.5 Å². The van der Waals surface area contributed by atoms with Crippen molar-refractivity contribution in [3.63, 3.8) is 0 Å². The third-order valence-electron chi connectivity index (χ3n) is 5.51. The summed E-state index contributed by atoms with van der Waals surface area (Å²) < 4.78 is 0. The first kappa shape index (κ1) is 28.7. The smallest absolute Gasteiger partial charge is 0.326 e. The van der Waals surface area contributed by atoms with Crippen molar-refractivity contribution in [2.75, 3.05) is 12.0 Å². The van der Waals surface area contributed by atoms with E-state index in [1.165, 1.54) is 36.0 Å². The van der Waals surface area contributed by atoms with Crippen LogP contribution >= 0.6 is 11.8 Å². The Morgan fingerprint density at radius 2 is 1.47 bits per heavy atom. The van der Waals surface area contributed by atoms with Gasteiger partial charge in [0.05, 0.1) is 0 Å². The first-order chi connectivity index (χ1) is 17.1. The number of carboxylic acid groups (broad SMARTS) is 1. The van der Waals surface area contributed by atoms with Gasteiger partial charge in [0.15, 0.2) is 0 Å². The van der Waals surface area contributed by atoms with Crippen LogP contribution in [0.25, 0.3) is 0 Å². The average Bonchev–Trinajstić information content (AvgIpc) is 2.84. The number of hydrogen-bond acceptors (Lipinski definition) is 6. The summed E-state index contributed by atoms with van der Waals surface area (Å²) in [5.74, 6) is -2.58. The Balaban J connectivity index is 2.21. The molecule has 194 valence electrons. The van der Waals surface area contributed by atoms with Gasteiger partial charge < -0.3 is 26.2 Å². The summed E-state index contributed by atoms with van der Waals surface area (Å²) in [5.41, 5.74) is 1.05. The molecular weight excluding hydrogens is 482 g/mol. The zero-order valence-electron chi connectivity index (χ0n) is 20.6. The molecule has 0 aliphatic rings. The number of rotatable bonds is 13. The quantitative estimate of drug-likeness (QED) is 0.275. The molecule has 0 saturated heterocycles. The van der Waals surface area contributed by atoms with E-state index in [9.17, 15) is 29.4 Å². The van der Waals surface area contributed by atoms with Crippen molar-refractivity contribution < 1.29 is 29.4 Å². The molecule has 0 fully saturated rings. The Bertz CT molecular complexity index is 1030. The number of benzene rings is 2. The highest BCUT2D eigenvalue weighted by Gasteiger charge is 2.31. The van der Waals surface area contributed by atoms with Gasteiger partial charge in [-0.1, -0.05) is 44.2 Å². The number of phenolic OH excluding ortho intramolecular Hbond substituents is 1. The molecule has 0 heterocycles. The Labute approximate surface area is 215 Å². The summed E-state index contributed by atoms with van der Waals surface area (Å²) >= 11 is 1.47. The SMILES string of the molecule is CSCC[C@H](NC(=O)[C@H](Cc1ccccc1)NC(=O)[C@@H](NC(=O)c1ccc(O)cc1)C(C)C)C(=O)O. The van der Waals surface area contributed by atoms with Gasteiger partial charge >= 0.3 is 5.97 Å². The maximum Gasteiger partial charge on any atom is 0.326 e. The van der Waals surface area contributed by atoms with Gasteiger partial charge in [-0.25, -0.2) is 4.79 Å². The molecule has 36 heavy (non-hydrogen) atoms. The largest absolute Gasteiger partial charge is 0.508 e. The van der Waals surface area contributed by atoms with Gasteiger partial charge in [-0.15, -0.1) is 0 Å². The predicted octanol–water partition coefficient (Wildman–Crippen LogP) is 2.20. The zero-order chi connectivity index (χ0) is 26.7. The Morgan fingerprint density at radius 3 is 2.03 bits per heavy atom. The number of carbonyl (C=O) groups excluding carboxylic acids is 3. The average molecular weight is 516 g/mol. The molecule has 2 rings (SSSR count). The highest BCUT2D eigenvalue weighted by atomic mass is 32.2. The lowest BCUT2D eigenvalue weighted by Crippen LogP contribution is -2.57. The van der Waals surface area contributed by atoms with Crippen molar-refractivity contribution in [2.45, 2.75) is 44.8 Å². The molecule has 10 heteroatoms. The summed E-state index contributed by atoms with van der Waals surface area (Å²) in [6.45, 7) is 3.52. The van der Waals surface area contributed by atoms with Crippen molar-refractivity contribution in [1.82, 2.24) is 16.0 Å². The molecule has 0 aliphatic heterocycles. The molecule has 0 aliphatic carbocycles. The Hall–Kier alpha value is -3.53. The molecule has 0 saturated carbocycles. The van der Waals surface area contributed by atoms with Crippen LogP contribution < -0.4 is 16.0 Å². The number of thioether (sulfide) groups is 1. The maximum absolute atomic E-state index is 13.2. The van der Waals surface area contributed by atoms with E-state index in [1.54, 1.807) is 38.1 Å². The van der Waals surface area contributed by atoms with Crippen molar-refractivity contribution in [1.29, 1.82) is 0 Å². The number of nitrogens with one attached hydrogen (secondary N) is 3. The molecule has 3 amide bonds. The minimum Gasteiger partial charge on any atom is -0.508 e. The monoisotopic (exact) mass is 515 g/mol. The fraction of sp³-hybridized carbons (Fsp3) is 0.385. The van der Waals surface area contributed by atoms with Gasteiger partial charge in [0, 0.05) is 12.0 Å². The number of aromatic hydroxyl groups is 1. The lowest BCUT2D eigenvalue weighted by atomic mass is 10.00. The van der Waals surface area contributed by atoms with E-state index in [2.05, 4.69) is 16.0 Å². The number of carboxylic acids is 1. The molecule has 3 atom stereocenters. The fourth-order valence-corrected chi connectivity index (χ4v) is 3.93. The van der Waals surface area contributed by atoms with Gasteiger partial charge in [-0.05, 0) is 54.2 Å². The summed E-state index contributed by atoms with van der Waals surface area (Å²) in [5, 5.41) is 26.9. The van der Waals surface area contributed by atoms with Gasteiger partial charge in [0.1, 0.15) is 23.9 Å². The molecule has 2 aromatic rings. The summed E-state index contributed by atoms with van der Waals surface area (Å²) in [6.07, 6.45) is 2.23. The maximum atomic E-state index is 13.2. The standard InChI is InChI=1S/C26H33N3O6S/c1-16(2)22(29-23(31)18-9-11-19(30)12-10-18)25(33)28-21(15-17-7-5-4-6-8-17)24(32)27-20(26(34)35)13-14-36-3/h4-12,16,20-22,30H,13-15H2,1-3H3,(H,27,32)(H,28,33)(H,29,31)(H,34,35)/t20-,21-,22-/m0/s1. The van der Waals surface area contributed by atoms with E-state index in [4.69, 9.17) is 0 Å². The highest BCUT2D eigenvalue weighted by molar-refractivity contribution is 7.98. The first-order valence-electron chi connectivity index (χ1n) is 11.6. The van der Waals surface area contributed by atoms with E-state index < -0.39 is 41.8 Å². The second-order valence-corrected chi connectivity index (χ2v) is 9.66. The molecule has 0 spiro atoms. The number of amides is 3. The molecule has 9 nitrogen and oxygen atoms in total. The molecule has 0 bridgehead atoms. The first-order valence-corrected chi connectivity index (χ1v) is 13.0. The molecule has 0 unspecified atom stereocenters. The van der Waals surface area contributed by atoms with E-state index in [0.29, 0.717) is 5.75 Å².